The Balaban J connectivity index is 2.01. The van der Waals surface area contributed by atoms with Gasteiger partial charge in [0.2, 0.25) is 0 Å². The van der Waals surface area contributed by atoms with E-state index in [2.05, 4.69) is 20.9 Å². The molecule has 2 rings (SSSR count). The minimum Gasteiger partial charge on any atom is -0.492 e. The lowest BCUT2D eigenvalue weighted by atomic mass is 10.3. The number of hydrogen-bond acceptors (Lipinski definition) is 4. The number of aromatic nitrogens is 2. The van der Waals surface area contributed by atoms with Crippen LogP contribution in [0.4, 0.5) is 5.69 Å². The van der Waals surface area contributed by atoms with Crippen molar-refractivity contribution in [2.24, 2.45) is 7.05 Å². The van der Waals surface area contributed by atoms with Crippen LogP contribution in [0.5, 0.6) is 5.75 Å². The first-order valence-corrected chi connectivity index (χ1v) is 6.40. The minimum absolute atomic E-state index is 0.00944. The van der Waals surface area contributed by atoms with Crippen molar-refractivity contribution in [3.05, 3.63) is 51.0 Å². The molecule has 0 atom stereocenters. The van der Waals surface area contributed by atoms with Gasteiger partial charge >= 0.3 is 0 Å². The van der Waals surface area contributed by atoms with Gasteiger partial charge < -0.3 is 9.30 Å². The van der Waals surface area contributed by atoms with Crippen LogP contribution in [0.3, 0.4) is 0 Å². The van der Waals surface area contributed by atoms with Crippen LogP contribution in [-0.4, -0.2) is 21.1 Å². The van der Waals surface area contributed by atoms with Gasteiger partial charge in [0, 0.05) is 31.9 Å². The molecule has 6 nitrogen and oxygen atoms in total. The molecule has 0 saturated carbocycles. The fourth-order valence-electron chi connectivity index (χ4n) is 1.61. The predicted octanol–water partition coefficient (Wildman–Crippen LogP) is 2.71. The quantitative estimate of drug-likeness (QED) is 0.626. The summed E-state index contributed by atoms with van der Waals surface area (Å²) in [5.74, 6) is 1.37. The second kappa shape index (κ2) is 5.83. The molecule has 100 valence electrons. The first-order chi connectivity index (χ1) is 9.08. The van der Waals surface area contributed by atoms with Gasteiger partial charge in [-0.05, 0) is 22.0 Å². The molecular weight excluding hydrogens is 314 g/mol. The Kier molecular flexibility index (Phi) is 4.16. The number of nitro groups is 1. The Morgan fingerprint density at radius 2 is 2.32 bits per heavy atom. The van der Waals surface area contributed by atoms with Crippen molar-refractivity contribution < 1.29 is 9.66 Å². The van der Waals surface area contributed by atoms with Gasteiger partial charge in [0.05, 0.1) is 22.1 Å². The second-order valence-corrected chi connectivity index (χ2v) is 4.78. The minimum atomic E-state index is -0.446. The summed E-state index contributed by atoms with van der Waals surface area (Å²) in [7, 11) is 1.91. The molecule has 0 fully saturated rings. The summed E-state index contributed by atoms with van der Waals surface area (Å²) < 4.78 is 8.15. The Morgan fingerprint density at radius 1 is 1.53 bits per heavy atom. The fourth-order valence-corrected chi connectivity index (χ4v) is 1.97. The summed E-state index contributed by atoms with van der Waals surface area (Å²) in [6.45, 7) is 0.407. The molecule has 0 bridgehead atoms. The molecule has 1 aromatic heterocycles. The molecule has 1 aromatic carbocycles. The van der Waals surface area contributed by atoms with Crippen molar-refractivity contribution in [2.45, 2.75) is 6.42 Å². The maximum Gasteiger partial charge on any atom is 0.273 e. The van der Waals surface area contributed by atoms with E-state index in [9.17, 15) is 10.1 Å². The third kappa shape index (κ3) is 3.31. The summed E-state index contributed by atoms with van der Waals surface area (Å²) in [5, 5.41) is 10.7. The predicted molar refractivity (Wildman–Crippen MR) is 73.2 cm³/mol. The Hall–Kier alpha value is -1.89. The standard InChI is InChI=1S/C12H12BrN3O3/c1-15-6-5-14-12(15)4-7-19-11-8-9(16(17)18)2-3-10(11)13/h2-3,5-6,8H,4,7H2,1H3. The number of nitrogens with zero attached hydrogens (tertiary/aromatic N) is 3. The van der Waals surface area contributed by atoms with Crippen molar-refractivity contribution in [1.82, 2.24) is 9.55 Å². The van der Waals surface area contributed by atoms with E-state index in [1.165, 1.54) is 12.1 Å². The van der Waals surface area contributed by atoms with Crippen LogP contribution in [0.25, 0.3) is 0 Å². The Labute approximate surface area is 118 Å². The zero-order chi connectivity index (χ0) is 13.8. The van der Waals surface area contributed by atoms with Gasteiger partial charge in [-0.15, -0.1) is 0 Å². The monoisotopic (exact) mass is 325 g/mol. The second-order valence-electron chi connectivity index (χ2n) is 3.92. The topological polar surface area (TPSA) is 70.2 Å². The third-order valence-electron chi connectivity index (χ3n) is 2.63. The highest BCUT2D eigenvalue weighted by atomic mass is 79.9. The van der Waals surface area contributed by atoms with Gasteiger partial charge in [-0.25, -0.2) is 4.98 Å². The summed E-state index contributed by atoms with van der Waals surface area (Å²) >= 11 is 3.30. The van der Waals surface area contributed by atoms with Gasteiger partial charge in [0.25, 0.3) is 5.69 Å². The number of non-ortho nitro benzene ring substituents is 1. The Morgan fingerprint density at radius 3 is 2.95 bits per heavy atom. The number of ether oxygens (including phenoxy) is 1. The van der Waals surface area contributed by atoms with Crippen molar-refractivity contribution in [3.63, 3.8) is 0 Å². The molecule has 1 heterocycles. The number of imidazole rings is 1. The number of rotatable bonds is 5. The van der Waals surface area contributed by atoms with Crippen molar-refractivity contribution in [2.75, 3.05) is 6.61 Å². The van der Waals surface area contributed by atoms with Crippen molar-refractivity contribution >= 4 is 21.6 Å². The summed E-state index contributed by atoms with van der Waals surface area (Å²) in [6, 6.07) is 4.44. The first-order valence-electron chi connectivity index (χ1n) is 5.61. The van der Waals surface area contributed by atoms with E-state index < -0.39 is 4.92 Å². The molecule has 0 N–H and O–H groups in total. The lowest BCUT2D eigenvalue weighted by Gasteiger charge is -2.08. The smallest absolute Gasteiger partial charge is 0.273 e. The molecule has 0 amide bonds. The maximum atomic E-state index is 10.7. The Bertz CT molecular complexity index is 598. The SMILES string of the molecule is Cn1ccnc1CCOc1cc([N+](=O)[O-])ccc1Br. The number of aryl methyl sites for hydroxylation is 1. The molecule has 7 heteroatoms. The maximum absolute atomic E-state index is 10.7. The van der Waals surface area contributed by atoms with Crippen LogP contribution in [-0.2, 0) is 13.5 Å². The van der Waals surface area contributed by atoms with E-state index >= 15 is 0 Å². The molecule has 0 radical (unpaired) electrons. The summed E-state index contributed by atoms with van der Waals surface area (Å²) in [5.41, 5.74) is 0.00944. The third-order valence-corrected chi connectivity index (χ3v) is 3.28. The molecule has 0 spiro atoms. The molecule has 0 aliphatic carbocycles. The van der Waals surface area contributed by atoms with Crippen LogP contribution in [0, 0.1) is 10.1 Å². The van der Waals surface area contributed by atoms with Gasteiger partial charge in [0.15, 0.2) is 0 Å². The van der Waals surface area contributed by atoms with Gasteiger partial charge in [0.1, 0.15) is 11.6 Å². The van der Waals surface area contributed by atoms with E-state index in [0.29, 0.717) is 23.2 Å². The average Bonchev–Trinajstić information content (AvgIpc) is 2.77. The normalized spacial score (nSPS) is 10.4. The lowest BCUT2D eigenvalue weighted by molar-refractivity contribution is -0.385. The van der Waals surface area contributed by atoms with Crippen LogP contribution < -0.4 is 4.74 Å². The highest BCUT2D eigenvalue weighted by molar-refractivity contribution is 9.10. The highest BCUT2D eigenvalue weighted by Crippen LogP contribution is 2.29. The van der Waals surface area contributed by atoms with E-state index in [1.54, 1.807) is 12.3 Å². The van der Waals surface area contributed by atoms with Gasteiger partial charge in [-0.2, -0.15) is 0 Å². The molecule has 2 aromatic rings. The zero-order valence-electron chi connectivity index (χ0n) is 10.2. The van der Waals surface area contributed by atoms with Crippen LogP contribution in [0.1, 0.15) is 5.82 Å². The molecule has 19 heavy (non-hydrogen) atoms. The summed E-state index contributed by atoms with van der Waals surface area (Å²) in [6.07, 6.45) is 4.22. The summed E-state index contributed by atoms with van der Waals surface area (Å²) in [4.78, 5) is 14.4. The molecule has 0 aliphatic heterocycles. The van der Waals surface area contributed by atoms with E-state index in [1.807, 2.05) is 17.8 Å². The number of benzene rings is 1. The van der Waals surface area contributed by atoms with E-state index in [0.717, 1.165) is 5.82 Å². The lowest BCUT2D eigenvalue weighted by Crippen LogP contribution is -2.06. The number of nitro benzene ring substituents is 1. The van der Waals surface area contributed by atoms with E-state index in [-0.39, 0.29) is 5.69 Å². The van der Waals surface area contributed by atoms with Crippen molar-refractivity contribution in [1.29, 1.82) is 0 Å². The van der Waals surface area contributed by atoms with Crippen molar-refractivity contribution in [3.8, 4) is 5.75 Å². The fraction of sp³-hybridized carbons (Fsp3) is 0.250. The molecular formula is C12H12BrN3O3. The zero-order valence-corrected chi connectivity index (χ0v) is 11.8. The largest absolute Gasteiger partial charge is 0.492 e. The van der Waals surface area contributed by atoms with Gasteiger partial charge in [-0.3, -0.25) is 10.1 Å². The van der Waals surface area contributed by atoms with E-state index in [4.69, 9.17) is 4.74 Å². The molecule has 0 unspecified atom stereocenters. The highest BCUT2D eigenvalue weighted by Gasteiger charge is 2.10. The first kappa shape index (κ1) is 13.5. The number of halogens is 1. The average molecular weight is 326 g/mol. The van der Waals surface area contributed by atoms with Crippen LogP contribution in [0.15, 0.2) is 35.1 Å². The van der Waals surface area contributed by atoms with Gasteiger partial charge in [-0.1, -0.05) is 0 Å². The van der Waals surface area contributed by atoms with Crippen LogP contribution >= 0.6 is 15.9 Å². The molecule has 0 saturated heterocycles. The number of hydrogen-bond donors (Lipinski definition) is 0. The van der Waals surface area contributed by atoms with Crippen LogP contribution in [0.2, 0.25) is 0 Å². The molecule has 0 aliphatic rings.